The third kappa shape index (κ3) is 5.31. The van der Waals surface area contributed by atoms with E-state index in [0.29, 0.717) is 17.9 Å². The molecule has 0 saturated heterocycles. The van der Waals surface area contributed by atoms with Gasteiger partial charge in [0.05, 0.1) is 0 Å². The standard InChI is InChI=1S/C21H21F5N2OS/c1-20(2,23)19(29)28-10-9-13-5-8-17(11-15(13)12-28)30-27-18(21(24,25)26)14-3-6-16(22)7-4-14/h3-8,11,18,27H,9-10,12H2,1-2H3. The molecule has 2 aromatic rings. The number of fused-ring (bicyclic) bond motifs is 1. The Morgan fingerprint density at radius 3 is 2.33 bits per heavy atom. The molecule has 30 heavy (non-hydrogen) atoms. The summed E-state index contributed by atoms with van der Waals surface area (Å²) in [5, 5.41) is 0. The summed E-state index contributed by atoms with van der Waals surface area (Å²) >= 11 is 0.801. The van der Waals surface area contributed by atoms with Crippen LogP contribution in [0.3, 0.4) is 0 Å². The predicted octanol–water partition coefficient (Wildman–Crippen LogP) is 5.36. The highest BCUT2D eigenvalue weighted by Gasteiger charge is 2.41. The maximum absolute atomic E-state index is 14.0. The van der Waals surface area contributed by atoms with Gasteiger partial charge in [0.2, 0.25) is 0 Å². The van der Waals surface area contributed by atoms with E-state index >= 15 is 0 Å². The van der Waals surface area contributed by atoms with Crippen LogP contribution in [0.15, 0.2) is 47.4 Å². The molecule has 9 heteroatoms. The molecular weight excluding hydrogens is 423 g/mol. The summed E-state index contributed by atoms with van der Waals surface area (Å²) in [6.07, 6.45) is -4.02. The minimum Gasteiger partial charge on any atom is -0.335 e. The van der Waals surface area contributed by atoms with E-state index in [9.17, 15) is 26.7 Å². The molecule has 1 unspecified atom stereocenters. The van der Waals surface area contributed by atoms with Crippen molar-refractivity contribution in [2.45, 2.75) is 49.6 Å². The second-order valence-electron chi connectivity index (χ2n) is 7.63. The van der Waals surface area contributed by atoms with Crippen LogP contribution in [0.1, 0.15) is 36.6 Å². The number of alkyl halides is 4. The van der Waals surface area contributed by atoms with Gasteiger partial charge in [-0.3, -0.25) is 4.79 Å². The molecule has 0 bridgehead atoms. The van der Waals surface area contributed by atoms with Gasteiger partial charge in [-0.25, -0.2) is 13.5 Å². The number of hydrogen-bond donors (Lipinski definition) is 1. The SMILES string of the molecule is CC(C)(F)C(=O)N1CCc2ccc(SNC(c3ccc(F)cc3)C(F)(F)F)cc2C1. The average molecular weight is 444 g/mol. The zero-order valence-corrected chi connectivity index (χ0v) is 17.2. The van der Waals surface area contributed by atoms with Gasteiger partial charge in [-0.1, -0.05) is 18.2 Å². The number of benzene rings is 2. The lowest BCUT2D eigenvalue weighted by Crippen LogP contribution is -2.44. The number of halogens is 5. The van der Waals surface area contributed by atoms with Gasteiger partial charge in [-0.05, 0) is 73.2 Å². The topological polar surface area (TPSA) is 32.3 Å². The van der Waals surface area contributed by atoms with Crippen LogP contribution in [-0.4, -0.2) is 29.2 Å². The Balaban J connectivity index is 1.74. The fraction of sp³-hybridized carbons (Fsp3) is 0.381. The fourth-order valence-electron chi connectivity index (χ4n) is 3.25. The molecular formula is C21H21F5N2OS. The van der Waals surface area contributed by atoms with Crippen molar-refractivity contribution in [3.63, 3.8) is 0 Å². The normalized spacial score (nSPS) is 15.6. The van der Waals surface area contributed by atoms with Gasteiger partial charge in [0, 0.05) is 18.0 Å². The molecule has 0 spiro atoms. The molecule has 0 fully saturated rings. The summed E-state index contributed by atoms with van der Waals surface area (Å²) in [5.74, 6) is -1.23. The summed E-state index contributed by atoms with van der Waals surface area (Å²) in [6, 6.07) is 7.38. The molecule has 2 aromatic carbocycles. The van der Waals surface area contributed by atoms with Gasteiger partial charge in [0.1, 0.15) is 11.9 Å². The van der Waals surface area contributed by atoms with Gasteiger partial charge in [0.25, 0.3) is 5.91 Å². The number of hydrogen-bond acceptors (Lipinski definition) is 3. The molecule has 1 aliphatic heterocycles. The Hall–Kier alpha value is -2.13. The number of carbonyl (C=O) groups is 1. The highest BCUT2D eigenvalue weighted by atomic mass is 32.2. The van der Waals surface area contributed by atoms with Gasteiger partial charge in [-0.15, -0.1) is 0 Å². The predicted molar refractivity (Wildman–Crippen MR) is 105 cm³/mol. The smallest absolute Gasteiger partial charge is 0.335 e. The molecule has 1 aliphatic rings. The van der Waals surface area contributed by atoms with Crippen molar-refractivity contribution in [3.05, 3.63) is 65.0 Å². The highest BCUT2D eigenvalue weighted by Crippen LogP contribution is 2.36. The number of carbonyl (C=O) groups excluding carboxylic acids is 1. The minimum atomic E-state index is -4.57. The van der Waals surface area contributed by atoms with Crippen molar-refractivity contribution >= 4 is 17.9 Å². The third-order valence-electron chi connectivity index (χ3n) is 4.81. The maximum Gasteiger partial charge on any atom is 0.408 e. The number of amides is 1. The van der Waals surface area contributed by atoms with E-state index in [1.807, 2.05) is 6.07 Å². The monoisotopic (exact) mass is 444 g/mol. The van der Waals surface area contributed by atoms with E-state index in [2.05, 4.69) is 4.72 Å². The van der Waals surface area contributed by atoms with Crippen molar-refractivity contribution in [3.8, 4) is 0 Å². The zero-order chi connectivity index (χ0) is 22.1. The molecule has 1 heterocycles. The molecule has 1 N–H and O–H groups in total. The lowest BCUT2D eigenvalue weighted by atomic mass is 9.98. The van der Waals surface area contributed by atoms with Crippen molar-refractivity contribution in [1.82, 2.24) is 9.62 Å². The largest absolute Gasteiger partial charge is 0.408 e. The Morgan fingerprint density at radius 2 is 1.73 bits per heavy atom. The Morgan fingerprint density at radius 1 is 1.07 bits per heavy atom. The Bertz CT molecular complexity index is 909. The summed E-state index contributed by atoms with van der Waals surface area (Å²) in [7, 11) is 0. The van der Waals surface area contributed by atoms with Crippen LogP contribution in [0, 0.1) is 5.82 Å². The summed E-state index contributed by atoms with van der Waals surface area (Å²) in [4.78, 5) is 14.1. The van der Waals surface area contributed by atoms with E-state index in [4.69, 9.17) is 0 Å². The first-order valence-electron chi connectivity index (χ1n) is 9.30. The van der Waals surface area contributed by atoms with E-state index in [0.717, 1.165) is 47.3 Å². The van der Waals surface area contributed by atoms with E-state index in [-0.39, 0.29) is 12.1 Å². The van der Waals surface area contributed by atoms with Crippen molar-refractivity contribution in [2.75, 3.05) is 6.54 Å². The average Bonchev–Trinajstić information content (AvgIpc) is 2.66. The summed E-state index contributed by atoms with van der Waals surface area (Å²) < 4.78 is 69.9. The zero-order valence-electron chi connectivity index (χ0n) is 16.4. The Labute approximate surface area is 175 Å². The number of nitrogens with one attached hydrogen (secondary N) is 1. The van der Waals surface area contributed by atoms with Gasteiger partial charge < -0.3 is 4.90 Å². The van der Waals surface area contributed by atoms with Crippen LogP contribution in [-0.2, 0) is 17.8 Å². The molecule has 0 radical (unpaired) electrons. The molecule has 3 nitrogen and oxygen atoms in total. The molecule has 0 saturated carbocycles. The van der Waals surface area contributed by atoms with Crippen LogP contribution in [0.2, 0.25) is 0 Å². The molecule has 162 valence electrons. The highest BCUT2D eigenvalue weighted by molar-refractivity contribution is 7.97. The second-order valence-corrected chi connectivity index (χ2v) is 8.54. The molecule has 3 rings (SSSR count). The van der Waals surface area contributed by atoms with Crippen molar-refractivity contribution in [2.24, 2.45) is 0 Å². The number of rotatable bonds is 5. The van der Waals surface area contributed by atoms with Crippen molar-refractivity contribution in [1.29, 1.82) is 0 Å². The van der Waals surface area contributed by atoms with Crippen LogP contribution >= 0.6 is 11.9 Å². The van der Waals surface area contributed by atoms with Crippen LogP contribution in [0.25, 0.3) is 0 Å². The molecule has 1 atom stereocenters. The molecule has 0 aliphatic carbocycles. The fourth-order valence-corrected chi connectivity index (χ4v) is 4.11. The van der Waals surface area contributed by atoms with Crippen molar-refractivity contribution < 1.29 is 26.7 Å². The van der Waals surface area contributed by atoms with Crippen LogP contribution < -0.4 is 4.72 Å². The molecule has 0 aromatic heterocycles. The van der Waals surface area contributed by atoms with Gasteiger partial charge in [-0.2, -0.15) is 13.2 Å². The minimum absolute atomic E-state index is 0.101. The van der Waals surface area contributed by atoms with Gasteiger partial charge >= 0.3 is 6.18 Å². The van der Waals surface area contributed by atoms with Gasteiger partial charge in [0.15, 0.2) is 5.67 Å². The summed E-state index contributed by atoms with van der Waals surface area (Å²) in [5.41, 5.74) is -0.334. The lowest BCUT2D eigenvalue weighted by molar-refractivity contribution is -0.152. The third-order valence-corrected chi connectivity index (χ3v) is 5.65. The molecule has 1 amide bonds. The van der Waals surface area contributed by atoms with Crippen LogP contribution in [0.4, 0.5) is 22.0 Å². The summed E-state index contributed by atoms with van der Waals surface area (Å²) in [6.45, 7) is 3.00. The second kappa shape index (κ2) is 8.55. The number of nitrogens with zero attached hydrogens (tertiary/aromatic N) is 1. The van der Waals surface area contributed by atoms with E-state index in [1.165, 1.54) is 18.7 Å². The van der Waals surface area contributed by atoms with E-state index in [1.54, 1.807) is 12.1 Å². The van der Waals surface area contributed by atoms with Crippen LogP contribution in [0.5, 0.6) is 0 Å². The van der Waals surface area contributed by atoms with E-state index < -0.39 is 29.6 Å². The first kappa shape index (κ1) is 22.6. The maximum atomic E-state index is 14.0. The first-order chi connectivity index (χ1) is 13.9. The quantitative estimate of drug-likeness (QED) is 0.498. The Kier molecular flexibility index (Phi) is 6.43. The lowest BCUT2D eigenvalue weighted by Gasteiger charge is -2.32. The first-order valence-corrected chi connectivity index (χ1v) is 10.1.